The van der Waals surface area contributed by atoms with E-state index < -0.39 is 7.25 Å². The zero-order valence-electron chi connectivity index (χ0n) is 16.3. The molecule has 1 aliphatic heterocycles. The van der Waals surface area contributed by atoms with Crippen LogP contribution in [0.4, 0.5) is 17.3 Å². The lowest BCUT2D eigenvalue weighted by Crippen LogP contribution is -2.13. The number of benzene rings is 3. The first-order valence-electron chi connectivity index (χ1n) is 9.23. The van der Waals surface area contributed by atoms with Gasteiger partial charge in [0.05, 0.1) is 9.79 Å². The second-order valence-electron chi connectivity index (χ2n) is 6.99. The first-order chi connectivity index (χ1) is 13.6. The van der Waals surface area contributed by atoms with Gasteiger partial charge in [-0.25, -0.2) is 0 Å². The van der Waals surface area contributed by atoms with E-state index in [1.165, 1.54) is 35.6 Å². The summed E-state index contributed by atoms with van der Waals surface area (Å²) in [6.07, 6.45) is 0. The van der Waals surface area contributed by atoms with Crippen LogP contribution in [0.3, 0.4) is 0 Å². The average molecular weight is 436 g/mol. The molecule has 0 radical (unpaired) electrons. The molecule has 0 N–H and O–H groups in total. The smallest absolute Gasteiger partial charge is 0.418 e. The molecular formula is C22H21BF4S2. The third-order valence-corrected chi connectivity index (χ3v) is 8.16. The quantitative estimate of drug-likeness (QED) is 0.174. The summed E-state index contributed by atoms with van der Waals surface area (Å²) in [7, 11) is -6.02. The van der Waals surface area contributed by atoms with Crippen LogP contribution >= 0.6 is 11.8 Å². The summed E-state index contributed by atoms with van der Waals surface area (Å²) in [5, 5.41) is 0. The Morgan fingerprint density at radius 2 is 1.24 bits per heavy atom. The summed E-state index contributed by atoms with van der Waals surface area (Å²) in [4.78, 5) is 7.22. The molecule has 0 unspecified atom stereocenters. The summed E-state index contributed by atoms with van der Waals surface area (Å²) in [5.41, 5.74) is 2.82. The molecule has 7 heteroatoms. The highest BCUT2D eigenvalue weighted by molar-refractivity contribution is 8.04. The van der Waals surface area contributed by atoms with Crippen LogP contribution in [0.1, 0.15) is 30.9 Å². The predicted octanol–water partition coefficient (Wildman–Crippen LogP) is 7.98. The molecular weight excluding hydrogens is 415 g/mol. The number of rotatable bonds is 2. The first-order valence-corrected chi connectivity index (χ1v) is 11.3. The Labute approximate surface area is 176 Å². The van der Waals surface area contributed by atoms with Gasteiger partial charge in [0.1, 0.15) is 10.9 Å². The highest BCUT2D eigenvalue weighted by atomic mass is 32.2. The lowest BCUT2D eigenvalue weighted by Gasteiger charge is -2.21. The Hall–Kier alpha value is -1.86. The fourth-order valence-corrected chi connectivity index (χ4v) is 7.31. The van der Waals surface area contributed by atoms with Crippen molar-refractivity contribution in [1.29, 1.82) is 0 Å². The third-order valence-electron chi connectivity index (χ3n) is 4.37. The number of fused-ring (bicyclic) bond motifs is 2. The Kier molecular flexibility index (Phi) is 6.69. The van der Waals surface area contributed by atoms with Crippen LogP contribution in [0.25, 0.3) is 0 Å². The normalized spacial score (nSPS) is 13.4. The molecule has 0 atom stereocenters. The van der Waals surface area contributed by atoms with Gasteiger partial charge in [-0.15, -0.1) is 0 Å². The van der Waals surface area contributed by atoms with Crippen LogP contribution in [-0.2, 0) is 10.9 Å². The minimum Gasteiger partial charge on any atom is -0.418 e. The standard InChI is InChI=1S/C22H21S2.BF4/c1-15(2)17-13-12-16(3)14-22(17)24-20-10-6-4-8-18(20)23-19-9-5-7-11-21(19)24;2-1(3,4)5/h4-15H,1-3H3;/q+1;-1. The largest absolute Gasteiger partial charge is 0.673 e. The average Bonchev–Trinajstić information content (AvgIpc) is 2.64. The molecule has 0 amide bonds. The Balaban J connectivity index is 0.000000431. The minimum absolute atomic E-state index is 0.0212. The molecule has 1 aliphatic rings. The molecule has 29 heavy (non-hydrogen) atoms. The molecule has 0 nitrogen and oxygen atoms in total. The van der Waals surface area contributed by atoms with Gasteiger partial charge in [0.15, 0.2) is 14.7 Å². The van der Waals surface area contributed by atoms with Crippen LogP contribution in [0.2, 0.25) is 0 Å². The van der Waals surface area contributed by atoms with Crippen molar-refractivity contribution in [3.8, 4) is 0 Å². The summed E-state index contributed by atoms with van der Waals surface area (Å²) >= 11 is 1.91. The topological polar surface area (TPSA) is 0 Å². The number of hydrogen-bond acceptors (Lipinski definition) is 1. The summed E-state index contributed by atoms with van der Waals surface area (Å²) < 4.78 is 39.0. The molecule has 0 aromatic heterocycles. The van der Waals surface area contributed by atoms with Crippen molar-refractivity contribution < 1.29 is 17.3 Å². The maximum Gasteiger partial charge on any atom is 0.673 e. The summed E-state index contributed by atoms with van der Waals surface area (Å²) in [5.74, 6) is 0.530. The molecule has 152 valence electrons. The van der Waals surface area contributed by atoms with Crippen LogP contribution in [0.5, 0.6) is 0 Å². The van der Waals surface area contributed by atoms with Gasteiger partial charge >= 0.3 is 7.25 Å². The second kappa shape index (κ2) is 8.88. The monoisotopic (exact) mass is 436 g/mol. The number of aryl methyl sites for hydroxylation is 1. The van der Waals surface area contributed by atoms with Crippen molar-refractivity contribution >= 4 is 29.9 Å². The van der Waals surface area contributed by atoms with Gasteiger partial charge in [0.2, 0.25) is 0 Å². The molecule has 4 rings (SSSR count). The lowest BCUT2D eigenvalue weighted by molar-refractivity contribution is 0.368. The molecule has 0 spiro atoms. The fourth-order valence-electron chi connectivity index (χ4n) is 3.18. The van der Waals surface area contributed by atoms with Crippen molar-refractivity contribution in [3.05, 3.63) is 77.9 Å². The Morgan fingerprint density at radius 1 is 0.759 bits per heavy atom. The van der Waals surface area contributed by atoms with E-state index in [0.717, 1.165) is 0 Å². The van der Waals surface area contributed by atoms with Crippen LogP contribution in [0.15, 0.2) is 91.2 Å². The van der Waals surface area contributed by atoms with E-state index in [9.17, 15) is 17.3 Å². The second-order valence-corrected chi connectivity index (χ2v) is 10.0. The molecule has 0 saturated carbocycles. The van der Waals surface area contributed by atoms with Gasteiger partial charge in [0, 0.05) is 5.56 Å². The molecule has 0 fully saturated rings. The van der Waals surface area contributed by atoms with Gasteiger partial charge in [-0.05, 0) is 48.7 Å². The van der Waals surface area contributed by atoms with Gasteiger partial charge in [-0.1, -0.05) is 62.0 Å². The van der Waals surface area contributed by atoms with Crippen molar-refractivity contribution in [3.63, 3.8) is 0 Å². The zero-order chi connectivity index (χ0) is 21.2. The number of halogens is 4. The number of hydrogen-bond donors (Lipinski definition) is 0. The molecule has 0 bridgehead atoms. The van der Waals surface area contributed by atoms with Crippen molar-refractivity contribution in [2.24, 2.45) is 0 Å². The lowest BCUT2D eigenvalue weighted by atomic mass is 10.0. The molecule has 0 aliphatic carbocycles. The molecule has 0 saturated heterocycles. The maximum atomic E-state index is 9.75. The summed E-state index contributed by atoms with van der Waals surface area (Å²) in [6, 6.07) is 24.8. The van der Waals surface area contributed by atoms with Crippen molar-refractivity contribution in [1.82, 2.24) is 0 Å². The first kappa shape index (κ1) is 21.8. The Bertz CT molecular complexity index is 951. The SMILES string of the molecule is Cc1ccc(C(C)C)c([S+]2c3ccccc3Sc3ccccc32)c1.F[B-](F)(F)F. The van der Waals surface area contributed by atoms with Crippen molar-refractivity contribution in [2.45, 2.75) is 51.2 Å². The van der Waals surface area contributed by atoms with E-state index in [-0.39, 0.29) is 10.9 Å². The molecule has 1 heterocycles. The van der Waals surface area contributed by atoms with E-state index in [4.69, 9.17) is 0 Å². The highest BCUT2D eigenvalue weighted by Crippen LogP contribution is 2.49. The Morgan fingerprint density at radius 3 is 1.72 bits per heavy atom. The van der Waals surface area contributed by atoms with Crippen LogP contribution in [0, 0.1) is 6.92 Å². The molecule has 3 aromatic rings. The van der Waals surface area contributed by atoms with E-state index >= 15 is 0 Å². The summed E-state index contributed by atoms with van der Waals surface area (Å²) in [6.45, 7) is 6.80. The third kappa shape index (κ3) is 5.40. The van der Waals surface area contributed by atoms with E-state index in [2.05, 4.69) is 87.5 Å². The van der Waals surface area contributed by atoms with E-state index in [1.807, 2.05) is 11.8 Å². The van der Waals surface area contributed by atoms with Crippen molar-refractivity contribution in [2.75, 3.05) is 0 Å². The predicted molar refractivity (Wildman–Crippen MR) is 115 cm³/mol. The minimum atomic E-state index is -6.00. The maximum absolute atomic E-state index is 9.75. The highest BCUT2D eigenvalue weighted by Gasteiger charge is 2.39. The van der Waals surface area contributed by atoms with E-state index in [1.54, 1.807) is 0 Å². The van der Waals surface area contributed by atoms with E-state index in [0.29, 0.717) is 5.92 Å². The molecule has 3 aromatic carbocycles. The van der Waals surface area contributed by atoms with Gasteiger partial charge in [-0.2, -0.15) is 0 Å². The van der Waals surface area contributed by atoms with Crippen LogP contribution in [-0.4, -0.2) is 7.25 Å². The van der Waals surface area contributed by atoms with Crippen LogP contribution < -0.4 is 0 Å². The zero-order valence-corrected chi connectivity index (χ0v) is 18.0. The van der Waals surface area contributed by atoms with Gasteiger partial charge < -0.3 is 17.3 Å². The van der Waals surface area contributed by atoms with Gasteiger partial charge in [-0.3, -0.25) is 0 Å². The van der Waals surface area contributed by atoms with Gasteiger partial charge in [0.25, 0.3) is 0 Å². The fraction of sp³-hybridized carbons (Fsp3) is 0.182.